The lowest BCUT2D eigenvalue weighted by Gasteiger charge is -2.32. The van der Waals surface area contributed by atoms with Crippen LogP contribution in [0.5, 0.6) is 0 Å². The number of amides is 1. The van der Waals surface area contributed by atoms with Gasteiger partial charge in [-0.1, -0.05) is 6.07 Å². The maximum atomic E-state index is 13.3. The van der Waals surface area contributed by atoms with E-state index in [0.29, 0.717) is 6.42 Å². The molecular formula is C15H19FN2O4S. The molecule has 23 heavy (non-hydrogen) atoms. The Hall–Kier alpha value is -1.51. The molecular weight excluding hydrogens is 323 g/mol. The lowest BCUT2D eigenvalue weighted by atomic mass is 9.99. The molecule has 0 saturated carbocycles. The van der Waals surface area contributed by atoms with Crippen LogP contribution in [0.3, 0.4) is 0 Å². The zero-order valence-corrected chi connectivity index (χ0v) is 13.8. The Balaban J connectivity index is 1.83. The molecule has 3 atom stereocenters. The quantitative estimate of drug-likeness (QED) is 0.811. The van der Waals surface area contributed by atoms with Crippen molar-refractivity contribution in [2.45, 2.75) is 23.5 Å². The summed E-state index contributed by atoms with van der Waals surface area (Å²) in [5, 5.41) is 0. The van der Waals surface area contributed by atoms with Gasteiger partial charge in [0.1, 0.15) is 5.82 Å². The first kappa shape index (κ1) is 16.4. The van der Waals surface area contributed by atoms with Crippen LogP contribution in [0.1, 0.15) is 6.42 Å². The fourth-order valence-corrected chi connectivity index (χ4v) is 4.70. The van der Waals surface area contributed by atoms with Crippen LogP contribution in [0.15, 0.2) is 29.2 Å². The van der Waals surface area contributed by atoms with Gasteiger partial charge in [0.15, 0.2) is 0 Å². The van der Waals surface area contributed by atoms with E-state index in [-0.39, 0.29) is 35.9 Å². The molecule has 0 spiro atoms. The van der Waals surface area contributed by atoms with Gasteiger partial charge in [-0.15, -0.1) is 0 Å². The van der Waals surface area contributed by atoms with Crippen molar-refractivity contribution in [2.24, 2.45) is 5.92 Å². The number of ether oxygens (including phenoxy) is 1. The molecule has 126 valence electrons. The zero-order valence-electron chi connectivity index (χ0n) is 13.0. The Kier molecular flexibility index (Phi) is 4.16. The molecule has 2 fully saturated rings. The van der Waals surface area contributed by atoms with Crippen molar-refractivity contribution in [3.63, 3.8) is 0 Å². The highest BCUT2D eigenvalue weighted by Gasteiger charge is 2.47. The number of carbonyl (C=O) groups is 1. The fourth-order valence-electron chi connectivity index (χ4n) is 3.19. The minimum atomic E-state index is -3.79. The van der Waals surface area contributed by atoms with E-state index < -0.39 is 21.9 Å². The number of halogens is 1. The molecule has 0 radical (unpaired) electrons. The molecule has 6 nitrogen and oxygen atoms in total. The Bertz CT molecular complexity index is 722. The fraction of sp³-hybridized carbons (Fsp3) is 0.533. The molecule has 2 aliphatic rings. The molecule has 1 aromatic carbocycles. The average Bonchev–Trinajstić information content (AvgIpc) is 2.80. The van der Waals surface area contributed by atoms with Gasteiger partial charge in [-0.05, 0) is 24.6 Å². The van der Waals surface area contributed by atoms with Crippen molar-refractivity contribution in [3.8, 4) is 0 Å². The molecule has 0 aromatic heterocycles. The van der Waals surface area contributed by atoms with Gasteiger partial charge in [0, 0.05) is 27.2 Å². The van der Waals surface area contributed by atoms with Gasteiger partial charge in [-0.3, -0.25) is 4.79 Å². The minimum absolute atomic E-state index is 0.0532. The second kappa shape index (κ2) is 5.85. The molecule has 2 saturated heterocycles. The molecule has 2 heterocycles. The number of rotatable bonds is 3. The minimum Gasteiger partial charge on any atom is -0.371 e. The number of carbonyl (C=O) groups excluding carboxylic acids is 1. The number of nitrogens with zero attached hydrogens (tertiary/aromatic N) is 2. The lowest BCUT2D eigenvalue weighted by molar-refractivity contribution is -0.135. The van der Waals surface area contributed by atoms with Crippen molar-refractivity contribution in [1.29, 1.82) is 0 Å². The summed E-state index contributed by atoms with van der Waals surface area (Å²) < 4.78 is 45.7. The first-order chi connectivity index (χ1) is 10.8. The molecule has 0 N–H and O–H groups in total. The SMILES string of the molecule is CN(C)C(=O)[C@@H]1C[C@H]2CN(S(=O)(=O)c3cccc(F)c3)C[C@@H]1O2. The molecule has 1 aromatic rings. The van der Waals surface area contributed by atoms with Gasteiger partial charge >= 0.3 is 0 Å². The van der Waals surface area contributed by atoms with Crippen LogP contribution in [0, 0.1) is 11.7 Å². The Morgan fingerprint density at radius 3 is 2.74 bits per heavy atom. The predicted molar refractivity (Wildman–Crippen MR) is 80.6 cm³/mol. The van der Waals surface area contributed by atoms with Crippen LogP contribution in [-0.2, 0) is 19.6 Å². The van der Waals surface area contributed by atoms with Gasteiger partial charge in [0.05, 0.1) is 23.0 Å². The third-order valence-corrected chi connectivity index (χ3v) is 6.14. The number of sulfonamides is 1. The van der Waals surface area contributed by atoms with E-state index in [2.05, 4.69) is 0 Å². The van der Waals surface area contributed by atoms with Crippen molar-refractivity contribution in [1.82, 2.24) is 9.21 Å². The molecule has 3 rings (SSSR count). The number of benzene rings is 1. The Labute approximate surface area is 134 Å². The van der Waals surface area contributed by atoms with Crippen LogP contribution >= 0.6 is 0 Å². The lowest BCUT2D eigenvalue weighted by Crippen LogP contribution is -2.47. The van der Waals surface area contributed by atoms with Crippen LogP contribution in [-0.4, -0.2) is 62.9 Å². The summed E-state index contributed by atoms with van der Waals surface area (Å²) >= 11 is 0. The van der Waals surface area contributed by atoms with Crippen molar-refractivity contribution < 1.29 is 22.3 Å². The Morgan fingerprint density at radius 1 is 1.35 bits per heavy atom. The highest BCUT2D eigenvalue weighted by molar-refractivity contribution is 7.89. The van der Waals surface area contributed by atoms with Crippen LogP contribution in [0.25, 0.3) is 0 Å². The zero-order chi connectivity index (χ0) is 16.8. The van der Waals surface area contributed by atoms with Gasteiger partial charge in [-0.2, -0.15) is 4.31 Å². The standard InChI is InChI=1S/C15H19FN2O4S/c1-17(2)15(19)13-7-11-8-18(9-14(13)22-11)23(20,21)12-5-3-4-10(16)6-12/h3-6,11,13-14H,7-9H2,1-2H3/t11-,13+,14-/m0/s1. The van der Waals surface area contributed by atoms with Gasteiger partial charge in [-0.25, -0.2) is 12.8 Å². The predicted octanol–water partition coefficient (Wildman–Crippen LogP) is 0.692. The van der Waals surface area contributed by atoms with E-state index in [0.717, 1.165) is 6.07 Å². The van der Waals surface area contributed by atoms with Gasteiger partial charge in [0.25, 0.3) is 0 Å². The van der Waals surface area contributed by atoms with Crippen molar-refractivity contribution in [2.75, 3.05) is 27.2 Å². The number of morpholine rings is 1. The van der Waals surface area contributed by atoms with Gasteiger partial charge in [0.2, 0.25) is 15.9 Å². The van der Waals surface area contributed by atoms with Crippen molar-refractivity contribution in [3.05, 3.63) is 30.1 Å². The van der Waals surface area contributed by atoms with E-state index >= 15 is 0 Å². The molecule has 1 amide bonds. The van der Waals surface area contributed by atoms with E-state index in [9.17, 15) is 17.6 Å². The second-order valence-corrected chi connectivity index (χ2v) is 8.09. The Morgan fingerprint density at radius 2 is 2.09 bits per heavy atom. The summed E-state index contributed by atoms with van der Waals surface area (Å²) in [6, 6.07) is 4.96. The number of hydrogen-bond acceptors (Lipinski definition) is 4. The van der Waals surface area contributed by atoms with E-state index in [4.69, 9.17) is 4.74 Å². The normalized spacial score (nSPS) is 27.9. The first-order valence-electron chi connectivity index (χ1n) is 7.41. The van der Waals surface area contributed by atoms with E-state index in [1.54, 1.807) is 14.1 Å². The summed E-state index contributed by atoms with van der Waals surface area (Å²) in [7, 11) is -0.446. The van der Waals surface area contributed by atoms with E-state index in [1.165, 1.54) is 27.4 Å². The molecule has 2 bridgehead atoms. The summed E-state index contributed by atoms with van der Waals surface area (Å²) in [5.74, 6) is -0.979. The van der Waals surface area contributed by atoms with Crippen LogP contribution in [0.4, 0.5) is 4.39 Å². The average molecular weight is 342 g/mol. The molecule has 8 heteroatoms. The number of fused-ring (bicyclic) bond motifs is 2. The van der Waals surface area contributed by atoms with Crippen molar-refractivity contribution >= 4 is 15.9 Å². The summed E-state index contributed by atoms with van der Waals surface area (Å²) in [5.41, 5.74) is 0. The maximum Gasteiger partial charge on any atom is 0.243 e. The molecule has 2 aliphatic heterocycles. The maximum absolute atomic E-state index is 13.3. The first-order valence-corrected chi connectivity index (χ1v) is 8.85. The largest absolute Gasteiger partial charge is 0.371 e. The molecule has 0 aliphatic carbocycles. The topological polar surface area (TPSA) is 66.9 Å². The number of hydrogen-bond donors (Lipinski definition) is 0. The highest BCUT2D eigenvalue weighted by atomic mass is 32.2. The summed E-state index contributed by atoms with van der Waals surface area (Å²) in [4.78, 5) is 13.6. The third-order valence-electron chi connectivity index (χ3n) is 4.32. The van der Waals surface area contributed by atoms with Gasteiger partial charge < -0.3 is 9.64 Å². The van der Waals surface area contributed by atoms with Crippen LogP contribution < -0.4 is 0 Å². The summed E-state index contributed by atoms with van der Waals surface area (Å²) in [6.07, 6.45) is -0.241. The monoisotopic (exact) mass is 342 g/mol. The second-order valence-electron chi connectivity index (χ2n) is 6.15. The highest BCUT2D eigenvalue weighted by Crippen LogP contribution is 2.35. The van der Waals surface area contributed by atoms with E-state index in [1.807, 2.05) is 0 Å². The summed E-state index contributed by atoms with van der Waals surface area (Å²) in [6.45, 7) is 0.298. The smallest absolute Gasteiger partial charge is 0.243 e. The third kappa shape index (κ3) is 2.98. The van der Waals surface area contributed by atoms with Crippen LogP contribution in [0.2, 0.25) is 0 Å². The molecule has 0 unspecified atom stereocenters.